The molecule has 6 nitrogen and oxygen atoms in total. The number of carboxylic acids is 1. The lowest BCUT2D eigenvalue weighted by Crippen LogP contribution is -2.05. The Morgan fingerprint density at radius 1 is 1.09 bits per heavy atom. The Morgan fingerprint density at radius 3 is 2.55 bits per heavy atom. The molecular formula is C26H17ClN4O2. The summed E-state index contributed by atoms with van der Waals surface area (Å²) in [6.45, 7) is 0.481. The van der Waals surface area contributed by atoms with E-state index in [1.807, 2.05) is 59.2 Å². The number of rotatable bonds is 5. The Morgan fingerprint density at radius 2 is 1.85 bits per heavy atom. The highest BCUT2D eigenvalue weighted by Crippen LogP contribution is 2.39. The largest absolute Gasteiger partial charge is 0.477 e. The monoisotopic (exact) mass is 452 g/mol. The molecule has 160 valence electrons. The Hall–Kier alpha value is -4.34. The fourth-order valence-corrected chi connectivity index (χ4v) is 4.16. The third-order valence-electron chi connectivity index (χ3n) is 5.53. The molecule has 0 aliphatic carbocycles. The molecule has 0 radical (unpaired) electrons. The average molecular weight is 453 g/mol. The highest BCUT2D eigenvalue weighted by Gasteiger charge is 2.25. The molecule has 3 aromatic carbocycles. The number of nitrogens with zero attached hydrogens (tertiary/aromatic N) is 3. The summed E-state index contributed by atoms with van der Waals surface area (Å²) in [5.74, 6) is -1.09. The van der Waals surface area contributed by atoms with Gasteiger partial charge in [-0.05, 0) is 29.8 Å². The number of halogens is 1. The quantitative estimate of drug-likeness (QED) is 0.343. The fraction of sp³-hybridized carbons (Fsp3) is 0.0385. The SMILES string of the molecule is N#Cc1ccc2c(-c3c(-c4ccccc4)ncn3Cc3ccc(Cl)cc3)c(C(=O)O)[nH]c2c1. The summed E-state index contributed by atoms with van der Waals surface area (Å²) >= 11 is 6.05. The molecule has 0 unspecified atom stereocenters. The van der Waals surface area contributed by atoms with Crippen LogP contribution in [0.15, 0.2) is 79.1 Å². The number of hydrogen-bond donors (Lipinski definition) is 2. The molecule has 2 aromatic heterocycles. The van der Waals surface area contributed by atoms with Gasteiger partial charge in [0, 0.05) is 33.6 Å². The van der Waals surface area contributed by atoms with Crippen molar-refractivity contribution in [2.45, 2.75) is 6.54 Å². The number of nitrogens with one attached hydrogen (secondary N) is 1. The Balaban J connectivity index is 1.79. The highest BCUT2D eigenvalue weighted by molar-refractivity contribution is 6.30. The van der Waals surface area contributed by atoms with E-state index < -0.39 is 5.97 Å². The maximum atomic E-state index is 12.3. The molecule has 0 saturated heterocycles. The van der Waals surface area contributed by atoms with Crippen molar-refractivity contribution in [2.75, 3.05) is 0 Å². The van der Waals surface area contributed by atoms with Crippen molar-refractivity contribution < 1.29 is 9.90 Å². The number of carboxylic acid groups (broad SMARTS) is 1. The van der Waals surface area contributed by atoms with Gasteiger partial charge in [-0.25, -0.2) is 9.78 Å². The van der Waals surface area contributed by atoms with E-state index >= 15 is 0 Å². The van der Waals surface area contributed by atoms with E-state index in [1.54, 1.807) is 24.5 Å². The zero-order chi connectivity index (χ0) is 22.9. The van der Waals surface area contributed by atoms with Gasteiger partial charge in [-0.1, -0.05) is 60.1 Å². The second-order valence-corrected chi connectivity index (χ2v) is 8.05. The normalized spacial score (nSPS) is 10.9. The van der Waals surface area contributed by atoms with Crippen LogP contribution in [0, 0.1) is 11.3 Å². The molecule has 0 aliphatic rings. The molecule has 5 aromatic rings. The van der Waals surface area contributed by atoms with Crippen molar-refractivity contribution >= 4 is 28.5 Å². The van der Waals surface area contributed by atoms with Gasteiger partial charge in [0.2, 0.25) is 0 Å². The van der Waals surface area contributed by atoms with Crippen LogP contribution in [0.25, 0.3) is 33.4 Å². The molecule has 2 heterocycles. The predicted molar refractivity (Wildman–Crippen MR) is 127 cm³/mol. The van der Waals surface area contributed by atoms with Gasteiger partial charge in [-0.15, -0.1) is 0 Å². The highest BCUT2D eigenvalue weighted by atomic mass is 35.5. The number of aromatic carboxylic acids is 1. The molecule has 7 heteroatoms. The first-order chi connectivity index (χ1) is 16.0. The molecule has 0 fully saturated rings. The van der Waals surface area contributed by atoms with Crippen LogP contribution in [-0.2, 0) is 6.54 Å². The standard InChI is InChI=1S/C26H17ClN4O2/c27-19-9-6-16(7-10-19)14-31-15-29-23(18-4-2-1-3-5-18)25(31)22-20-11-8-17(13-28)12-21(20)30-24(22)26(32)33/h1-12,15,30H,14H2,(H,32,33). The Labute approximate surface area is 194 Å². The van der Waals surface area contributed by atoms with Gasteiger partial charge in [-0.3, -0.25) is 0 Å². The first kappa shape index (κ1) is 20.6. The third kappa shape index (κ3) is 3.75. The van der Waals surface area contributed by atoms with Crippen LogP contribution in [0.2, 0.25) is 5.02 Å². The summed E-state index contributed by atoms with van der Waals surface area (Å²) in [4.78, 5) is 19.9. The van der Waals surface area contributed by atoms with Crippen LogP contribution in [0.1, 0.15) is 21.6 Å². The smallest absolute Gasteiger partial charge is 0.353 e. The van der Waals surface area contributed by atoms with Gasteiger partial charge in [-0.2, -0.15) is 5.26 Å². The summed E-state index contributed by atoms with van der Waals surface area (Å²) in [6.07, 6.45) is 1.72. The number of carbonyl (C=O) groups is 1. The van der Waals surface area contributed by atoms with Gasteiger partial charge in [0.1, 0.15) is 5.69 Å². The van der Waals surface area contributed by atoms with Gasteiger partial charge < -0.3 is 14.7 Å². The lowest BCUT2D eigenvalue weighted by molar-refractivity contribution is 0.0692. The van der Waals surface area contributed by atoms with Crippen molar-refractivity contribution in [3.63, 3.8) is 0 Å². The number of imidazole rings is 1. The van der Waals surface area contributed by atoms with E-state index in [0.29, 0.717) is 45.0 Å². The zero-order valence-corrected chi connectivity index (χ0v) is 18.0. The van der Waals surface area contributed by atoms with Crippen LogP contribution in [0.5, 0.6) is 0 Å². The molecule has 33 heavy (non-hydrogen) atoms. The van der Waals surface area contributed by atoms with Gasteiger partial charge in [0.15, 0.2) is 0 Å². The number of nitriles is 1. The first-order valence-corrected chi connectivity index (χ1v) is 10.6. The maximum Gasteiger partial charge on any atom is 0.353 e. The lowest BCUT2D eigenvalue weighted by Gasteiger charge is -2.12. The molecule has 0 bridgehead atoms. The van der Waals surface area contributed by atoms with E-state index in [9.17, 15) is 15.2 Å². The minimum absolute atomic E-state index is 0.0510. The number of fused-ring (bicyclic) bond motifs is 1. The van der Waals surface area contributed by atoms with Gasteiger partial charge in [0.05, 0.1) is 29.3 Å². The molecule has 0 saturated carbocycles. The topological polar surface area (TPSA) is 94.7 Å². The number of aromatic nitrogens is 3. The first-order valence-electron chi connectivity index (χ1n) is 10.2. The summed E-state index contributed by atoms with van der Waals surface area (Å²) in [5.41, 5.74) is 4.86. The van der Waals surface area contributed by atoms with Crippen molar-refractivity contribution in [2.24, 2.45) is 0 Å². The molecule has 0 aliphatic heterocycles. The van der Waals surface area contributed by atoms with Crippen LogP contribution in [0.4, 0.5) is 0 Å². The zero-order valence-electron chi connectivity index (χ0n) is 17.3. The summed E-state index contributed by atoms with van der Waals surface area (Å²) in [7, 11) is 0. The van der Waals surface area contributed by atoms with E-state index in [2.05, 4.69) is 16.0 Å². The summed E-state index contributed by atoms with van der Waals surface area (Å²) in [6, 6.07) is 24.4. The van der Waals surface area contributed by atoms with Crippen molar-refractivity contribution in [3.05, 3.63) is 101 Å². The molecular weight excluding hydrogens is 436 g/mol. The summed E-state index contributed by atoms with van der Waals surface area (Å²) in [5, 5.41) is 20.7. The minimum atomic E-state index is -1.09. The van der Waals surface area contributed by atoms with Crippen LogP contribution in [-0.4, -0.2) is 25.6 Å². The summed E-state index contributed by atoms with van der Waals surface area (Å²) < 4.78 is 1.94. The molecule has 5 rings (SSSR count). The Bertz CT molecular complexity index is 1530. The van der Waals surface area contributed by atoms with Crippen molar-refractivity contribution in [1.29, 1.82) is 5.26 Å². The maximum absolute atomic E-state index is 12.3. The van der Waals surface area contributed by atoms with E-state index in [0.717, 1.165) is 11.1 Å². The minimum Gasteiger partial charge on any atom is -0.477 e. The molecule has 0 amide bonds. The second kappa shape index (κ2) is 8.30. The van der Waals surface area contributed by atoms with Crippen LogP contribution >= 0.6 is 11.6 Å². The lowest BCUT2D eigenvalue weighted by atomic mass is 10.0. The Kier molecular flexibility index (Phi) is 5.17. The van der Waals surface area contributed by atoms with E-state index in [4.69, 9.17) is 11.6 Å². The number of H-pyrrole nitrogens is 1. The van der Waals surface area contributed by atoms with Crippen LogP contribution < -0.4 is 0 Å². The van der Waals surface area contributed by atoms with Gasteiger partial charge in [0.25, 0.3) is 0 Å². The molecule has 2 N–H and O–H groups in total. The van der Waals surface area contributed by atoms with Crippen molar-refractivity contribution in [3.8, 4) is 28.6 Å². The molecule has 0 atom stereocenters. The second-order valence-electron chi connectivity index (χ2n) is 7.61. The van der Waals surface area contributed by atoms with E-state index in [-0.39, 0.29) is 5.69 Å². The average Bonchev–Trinajstić information content (AvgIpc) is 3.41. The van der Waals surface area contributed by atoms with Crippen molar-refractivity contribution in [1.82, 2.24) is 14.5 Å². The fourth-order valence-electron chi connectivity index (χ4n) is 4.03. The number of aromatic amines is 1. The number of hydrogen-bond acceptors (Lipinski definition) is 3. The predicted octanol–water partition coefficient (Wildman–Crippen LogP) is 5.97. The van der Waals surface area contributed by atoms with Crippen LogP contribution in [0.3, 0.4) is 0 Å². The van der Waals surface area contributed by atoms with E-state index in [1.165, 1.54) is 0 Å². The van der Waals surface area contributed by atoms with Gasteiger partial charge >= 0.3 is 5.97 Å². The number of benzene rings is 3. The molecule has 0 spiro atoms. The third-order valence-corrected chi connectivity index (χ3v) is 5.78.